The van der Waals surface area contributed by atoms with Gasteiger partial charge in [-0.2, -0.15) is 0 Å². The van der Waals surface area contributed by atoms with Crippen LogP contribution in [0.15, 0.2) is 24.3 Å². The lowest BCUT2D eigenvalue weighted by Gasteiger charge is -2.00. The molecular weight excluding hydrogens is 278 g/mol. The van der Waals surface area contributed by atoms with Gasteiger partial charge in [0.15, 0.2) is 0 Å². The molecule has 4 heteroatoms. The topological polar surface area (TPSA) is 17.1 Å². The van der Waals surface area contributed by atoms with E-state index < -0.39 is 11.6 Å². The standard InChI is InChI=1S/C16H14F2OS/c17-11-6-7-12(13(18)9-11)16(19)15-8-10-4-2-1-3-5-14(10)20-15/h6-9H,1-5H2. The van der Waals surface area contributed by atoms with Crippen LogP contribution in [0.2, 0.25) is 0 Å². The van der Waals surface area contributed by atoms with E-state index in [-0.39, 0.29) is 11.3 Å². The summed E-state index contributed by atoms with van der Waals surface area (Å²) in [5.74, 6) is -1.81. The van der Waals surface area contributed by atoms with Gasteiger partial charge >= 0.3 is 0 Å². The first kappa shape index (κ1) is 13.4. The number of carbonyl (C=O) groups excluding carboxylic acids is 1. The van der Waals surface area contributed by atoms with Crippen LogP contribution in [0.4, 0.5) is 8.78 Å². The average molecular weight is 292 g/mol. The molecule has 0 saturated carbocycles. The van der Waals surface area contributed by atoms with E-state index in [1.54, 1.807) is 0 Å². The van der Waals surface area contributed by atoms with Crippen LogP contribution in [0.5, 0.6) is 0 Å². The molecule has 1 heterocycles. The third kappa shape index (κ3) is 2.52. The van der Waals surface area contributed by atoms with E-state index >= 15 is 0 Å². The van der Waals surface area contributed by atoms with Crippen molar-refractivity contribution in [3.05, 3.63) is 56.8 Å². The highest BCUT2D eigenvalue weighted by molar-refractivity contribution is 7.14. The van der Waals surface area contributed by atoms with E-state index in [0.29, 0.717) is 4.88 Å². The van der Waals surface area contributed by atoms with E-state index in [4.69, 9.17) is 0 Å². The van der Waals surface area contributed by atoms with Crippen LogP contribution in [0.1, 0.15) is 44.9 Å². The van der Waals surface area contributed by atoms with Crippen molar-refractivity contribution in [2.45, 2.75) is 32.1 Å². The maximum absolute atomic E-state index is 13.7. The Labute approximate surface area is 120 Å². The summed E-state index contributed by atoms with van der Waals surface area (Å²) in [5, 5.41) is 0. The number of fused-ring (bicyclic) bond motifs is 1. The molecule has 0 bridgehead atoms. The largest absolute Gasteiger partial charge is 0.288 e. The van der Waals surface area contributed by atoms with Crippen LogP contribution in [-0.2, 0) is 12.8 Å². The van der Waals surface area contributed by atoms with Gasteiger partial charge in [-0.25, -0.2) is 8.78 Å². The van der Waals surface area contributed by atoms with Gasteiger partial charge in [0.25, 0.3) is 0 Å². The molecule has 0 amide bonds. The molecule has 0 saturated heterocycles. The molecule has 0 unspecified atom stereocenters. The predicted molar refractivity (Wildman–Crippen MR) is 75.4 cm³/mol. The second kappa shape index (κ2) is 5.44. The Morgan fingerprint density at radius 1 is 1.05 bits per heavy atom. The van der Waals surface area contributed by atoms with Crippen LogP contribution in [0, 0.1) is 11.6 Å². The quantitative estimate of drug-likeness (QED) is 0.587. The zero-order valence-electron chi connectivity index (χ0n) is 10.9. The highest BCUT2D eigenvalue weighted by atomic mass is 32.1. The molecule has 0 spiro atoms. The highest BCUT2D eigenvalue weighted by Gasteiger charge is 2.20. The van der Waals surface area contributed by atoms with Crippen molar-refractivity contribution in [2.24, 2.45) is 0 Å². The number of thiophene rings is 1. The van der Waals surface area contributed by atoms with Crippen molar-refractivity contribution in [2.75, 3.05) is 0 Å². The van der Waals surface area contributed by atoms with Gasteiger partial charge in [-0.1, -0.05) is 6.42 Å². The minimum absolute atomic E-state index is 0.0530. The minimum Gasteiger partial charge on any atom is -0.288 e. The first-order chi connectivity index (χ1) is 9.65. The summed E-state index contributed by atoms with van der Waals surface area (Å²) in [5.41, 5.74) is 1.17. The molecule has 0 fully saturated rings. The van der Waals surface area contributed by atoms with Crippen LogP contribution < -0.4 is 0 Å². The molecule has 1 aromatic carbocycles. The zero-order valence-corrected chi connectivity index (χ0v) is 11.7. The fourth-order valence-corrected chi connectivity index (χ4v) is 3.79. The maximum atomic E-state index is 13.7. The van der Waals surface area contributed by atoms with E-state index in [1.807, 2.05) is 6.07 Å². The Balaban J connectivity index is 1.94. The summed E-state index contributed by atoms with van der Waals surface area (Å²) in [6.45, 7) is 0. The third-order valence-electron chi connectivity index (χ3n) is 3.65. The van der Waals surface area contributed by atoms with E-state index in [0.717, 1.165) is 37.8 Å². The number of aryl methyl sites for hydroxylation is 2. The Hall–Kier alpha value is -1.55. The van der Waals surface area contributed by atoms with Gasteiger partial charge in [0.1, 0.15) is 11.6 Å². The highest BCUT2D eigenvalue weighted by Crippen LogP contribution is 2.30. The molecule has 20 heavy (non-hydrogen) atoms. The molecule has 0 atom stereocenters. The monoisotopic (exact) mass is 292 g/mol. The second-order valence-corrected chi connectivity index (χ2v) is 6.21. The van der Waals surface area contributed by atoms with E-state index in [2.05, 4.69) is 0 Å². The number of carbonyl (C=O) groups is 1. The predicted octanol–water partition coefficient (Wildman–Crippen LogP) is 4.53. The van der Waals surface area contributed by atoms with E-state index in [9.17, 15) is 13.6 Å². The smallest absolute Gasteiger partial charge is 0.205 e. The Morgan fingerprint density at radius 3 is 2.65 bits per heavy atom. The summed E-state index contributed by atoms with van der Waals surface area (Å²) in [6, 6.07) is 4.98. The van der Waals surface area contributed by atoms with Crippen molar-refractivity contribution in [3.8, 4) is 0 Å². The number of rotatable bonds is 2. The number of hydrogen-bond acceptors (Lipinski definition) is 2. The number of benzene rings is 1. The van der Waals surface area contributed by atoms with Crippen LogP contribution in [0.25, 0.3) is 0 Å². The lowest BCUT2D eigenvalue weighted by Crippen LogP contribution is -2.02. The van der Waals surface area contributed by atoms with Crippen molar-refractivity contribution in [1.82, 2.24) is 0 Å². The van der Waals surface area contributed by atoms with Gasteiger partial charge < -0.3 is 0 Å². The van der Waals surface area contributed by atoms with Gasteiger partial charge in [-0.15, -0.1) is 11.3 Å². The van der Waals surface area contributed by atoms with Crippen LogP contribution >= 0.6 is 11.3 Å². The van der Waals surface area contributed by atoms with Crippen molar-refractivity contribution >= 4 is 17.1 Å². The van der Waals surface area contributed by atoms with E-state index in [1.165, 1.54) is 34.3 Å². The molecule has 0 radical (unpaired) electrons. The molecule has 2 aromatic rings. The first-order valence-electron chi connectivity index (χ1n) is 6.76. The summed E-state index contributed by atoms with van der Waals surface area (Å²) < 4.78 is 26.6. The van der Waals surface area contributed by atoms with Gasteiger partial charge in [-0.05, 0) is 49.4 Å². The summed E-state index contributed by atoms with van der Waals surface area (Å²) in [6.07, 6.45) is 5.50. The van der Waals surface area contributed by atoms with Gasteiger partial charge in [-0.3, -0.25) is 4.79 Å². The molecule has 0 N–H and O–H groups in total. The van der Waals surface area contributed by atoms with Crippen LogP contribution in [0.3, 0.4) is 0 Å². The molecule has 1 aliphatic rings. The second-order valence-electron chi connectivity index (χ2n) is 5.07. The Bertz CT molecular complexity index is 637. The molecule has 1 aromatic heterocycles. The summed E-state index contributed by atoms with van der Waals surface area (Å²) >= 11 is 1.45. The number of hydrogen-bond donors (Lipinski definition) is 0. The average Bonchev–Trinajstić information content (AvgIpc) is 2.69. The lowest BCUT2D eigenvalue weighted by atomic mass is 10.1. The Kier molecular flexibility index (Phi) is 3.66. The zero-order chi connectivity index (χ0) is 14.1. The summed E-state index contributed by atoms with van der Waals surface area (Å²) in [7, 11) is 0. The van der Waals surface area contributed by atoms with Gasteiger partial charge in [0.2, 0.25) is 5.78 Å². The van der Waals surface area contributed by atoms with Crippen molar-refractivity contribution < 1.29 is 13.6 Å². The molecule has 104 valence electrons. The molecule has 3 rings (SSSR count). The molecule has 0 aliphatic heterocycles. The maximum Gasteiger partial charge on any atom is 0.205 e. The third-order valence-corrected chi connectivity index (χ3v) is 4.88. The van der Waals surface area contributed by atoms with Crippen LogP contribution in [-0.4, -0.2) is 5.78 Å². The fraction of sp³-hybridized carbons (Fsp3) is 0.312. The van der Waals surface area contributed by atoms with Gasteiger partial charge in [0.05, 0.1) is 10.4 Å². The summed E-state index contributed by atoms with van der Waals surface area (Å²) in [4.78, 5) is 14.1. The minimum atomic E-state index is -0.793. The molecule has 1 aliphatic carbocycles. The lowest BCUT2D eigenvalue weighted by molar-refractivity contribution is 0.103. The Morgan fingerprint density at radius 2 is 1.85 bits per heavy atom. The fourth-order valence-electron chi connectivity index (χ4n) is 2.59. The normalized spacial score (nSPS) is 14.7. The van der Waals surface area contributed by atoms with Gasteiger partial charge in [0, 0.05) is 10.9 Å². The van der Waals surface area contributed by atoms with Crippen molar-refractivity contribution in [1.29, 1.82) is 0 Å². The molecular formula is C16H14F2OS. The first-order valence-corrected chi connectivity index (χ1v) is 7.58. The molecule has 1 nitrogen and oxygen atoms in total. The number of halogens is 2. The SMILES string of the molecule is O=C(c1cc2c(s1)CCCCC2)c1ccc(F)cc1F. The van der Waals surface area contributed by atoms with Crippen molar-refractivity contribution in [3.63, 3.8) is 0 Å². The number of ketones is 1.